The van der Waals surface area contributed by atoms with Crippen LogP contribution < -0.4 is 5.32 Å². The van der Waals surface area contributed by atoms with Gasteiger partial charge >= 0.3 is 5.97 Å². The van der Waals surface area contributed by atoms with Crippen molar-refractivity contribution in [3.8, 4) is 10.6 Å². The highest BCUT2D eigenvalue weighted by molar-refractivity contribution is 7.13. The summed E-state index contributed by atoms with van der Waals surface area (Å²) < 4.78 is 0. The molecule has 1 atom stereocenters. The molecule has 4 aromatic rings. The summed E-state index contributed by atoms with van der Waals surface area (Å²) >= 11 is 1.46. The Bertz CT molecular complexity index is 1150. The number of para-hydroxylation sites is 1. The van der Waals surface area contributed by atoms with Gasteiger partial charge in [0.15, 0.2) is 0 Å². The van der Waals surface area contributed by atoms with Crippen molar-refractivity contribution in [1.82, 2.24) is 15.3 Å². The molecule has 0 unspecified atom stereocenters. The Morgan fingerprint density at radius 1 is 1.10 bits per heavy atom. The third-order valence-corrected chi connectivity index (χ3v) is 5.59. The largest absolute Gasteiger partial charge is 0.480 e. The van der Waals surface area contributed by atoms with Crippen LogP contribution >= 0.6 is 11.3 Å². The number of hydrogen-bond donors (Lipinski definition) is 3. The summed E-state index contributed by atoms with van der Waals surface area (Å²) in [5.74, 6) is -1.42. The van der Waals surface area contributed by atoms with Crippen LogP contribution in [0.25, 0.3) is 21.5 Å². The van der Waals surface area contributed by atoms with Gasteiger partial charge in [-0.1, -0.05) is 48.5 Å². The highest BCUT2D eigenvalue weighted by Crippen LogP contribution is 2.23. The Hall–Kier alpha value is -3.45. The molecule has 2 aromatic carbocycles. The van der Waals surface area contributed by atoms with Crippen molar-refractivity contribution >= 4 is 34.1 Å². The summed E-state index contributed by atoms with van der Waals surface area (Å²) in [7, 11) is 0. The number of fused-ring (bicyclic) bond motifs is 1. The number of aliphatic carboxylic acids is 1. The zero-order chi connectivity index (χ0) is 20.2. The number of H-pyrrole nitrogens is 1. The van der Waals surface area contributed by atoms with E-state index in [1.165, 1.54) is 11.3 Å². The fourth-order valence-electron chi connectivity index (χ4n) is 3.23. The van der Waals surface area contributed by atoms with Gasteiger partial charge in [0, 0.05) is 34.5 Å². The number of carboxylic acid groups (broad SMARTS) is 1. The second-order valence-electron chi connectivity index (χ2n) is 6.71. The van der Waals surface area contributed by atoms with Crippen LogP contribution in [0.1, 0.15) is 11.3 Å². The molecular weight excluding hydrogens is 386 g/mol. The summed E-state index contributed by atoms with van der Waals surface area (Å²) in [4.78, 5) is 31.8. The van der Waals surface area contributed by atoms with Gasteiger partial charge < -0.3 is 15.4 Å². The molecule has 0 aliphatic heterocycles. The first-order valence-corrected chi connectivity index (χ1v) is 10.0. The van der Waals surface area contributed by atoms with Crippen LogP contribution in [0.5, 0.6) is 0 Å². The molecule has 0 spiro atoms. The first kappa shape index (κ1) is 18.9. The zero-order valence-electron chi connectivity index (χ0n) is 15.5. The van der Waals surface area contributed by atoms with Crippen molar-refractivity contribution in [2.45, 2.75) is 18.9 Å². The number of thiazole rings is 1. The fourth-order valence-corrected chi connectivity index (χ4v) is 4.06. The van der Waals surface area contributed by atoms with Crippen molar-refractivity contribution in [3.63, 3.8) is 0 Å². The number of benzene rings is 2. The van der Waals surface area contributed by atoms with Gasteiger partial charge in [0.1, 0.15) is 11.0 Å². The lowest BCUT2D eigenvalue weighted by Crippen LogP contribution is -2.43. The van der Waals surface area contributed by atoms with E-state index in [0.717, 1.165) is 27.0 Å². The molecule has 0 saturated heterocycles. The summed E-state index contributed by atoms with van der Waals surface area (Å²) in [5, 5.41) is 15.8. The van der Waals surface area contributed by atoms with Gasteiger partial charge in [-0.15, -0.1) is 11.3 Å². The maximum Gasteiger partial charge on any atom is 0.326 e. The number of hydrogen-bond acceptors (Lipinski definition) is 4. The lowest BCUT2D eigenvalue weighted by molar-refractivity contribution is -0.141. The molecule has 0 radical (unpaired) electrons. The van der Waals surface area contributed by atoms with Crippen LogP contribution in [0.3, 0.4) is 0 Å². The molecule has 146 valence electrons. The highest BCUT2D eigenvalue weighted by Gasteiger charge is 2.22. The summed E-state index contributed by atoms with van der Waals surface area (Å²) in [5.41, 5.74) is 3.41. The van der Waals surface area contributed by atoms with Crippen LogP contribution in [-0.2, 0) is 22.4 Å². The number of aromatic nitrogens is 2. The minimum absolute atomic E-state index is 0.0427. The fraction of sp³-hybridized carbons (Fsp3) is 0.136. The number of carboxylic acids is 1. The predicted molar refractivity (Wildman–Crippen MR) is 113 cm³/mol. The van der Waals surface area contributed by atoms with Gasteiger partial charge in [0.05, 0.1) is 12.1 Å². The van der Waals surface area contributed by atoms with Gasteiger partial charge in [-0.2, -0.15) is 0 Å². The first-order valence-electron chi connectivity index (χ1n) is 9.17. The summed E-state index contributed by atoms with van der Waals surface area (Å²) in [6.45, 7) is 0. The van der Waals surface area contributed by atoms with Gasteiger partial charge in [-0.3, -0.25) is 4.79 Å². The second-order valence-corrected chi connectivity index (χ2v) is 7.57. The SMILES string of the molecule is O=C(Cc1csc(-c2ccccc2)n1)N[C@H](Cc1c[nH]c2ccccc12)C(=O)O. The molecule has 4 rings (SSSR count). The third-order valence-electron chi connectivity index (χ3n) is 4.65. The standard InChI is InChI=1S/C22H19N3O3S/c26-20(11-16-13-29-21(24-16)14-6-2-1-3-7-14)25-19(22(27)28)10-15-12-23-18-9-5-4-8-17(15)18/h1-9,12-13,19,23H,10-11H2,(H,25,26)(H,27,28)/t19-/m1/s1. The summed E-state index contributed by atoms with van der Waals surface area (Å²) in [6.07, 6.45) is 2.04. The Balaban J connectivity index is 1.43. The maximum absolute atomic E-state index is 12.4. The minimum Gasteiger partial charge on any atom is -0.480 e. The van der Waals surface area contributed by atoms with E-state index >= 15 is 0 Å². The van der Waals surface area contributed by atoms with Crippen LogP contribution in [0.15, 0.2) is 66.2 Å². The molecule has 1 amide bonds. The van der Waals surface area contributed by atoms with Crippen molar-refractivity contribution in [2.24, 2.45) is 0 Å². The van der Waals surface area contributed by atoms with E-state index in [2.05, 4.69) is 15.3 Å². The topological polar surface area (TPSA) is 95.1 Å². The number of aromatic amines is 1. The van der Waals surface area contributed by atoms with Crippen molar-refractivity contribution in [1.29, 1.82) is 0 Å². The molecule has 0 aliphatic carbocycles. The Labute approximate surface area is 171 Å². The molecule has 2 heterocycles. The average Bonchev–Trinajstić information content (AvgIpc) is 3.35. The quantitative estimate of drug-likeness (QED) is 0.437. The molecule has 6 nitrogen and oxygen atoms in total. The summed E-state index contributed by atoms with van der Waals surface area (Å²) in [6, 6.07) is 16.4. The predicted octanol–water partition coefficient (Wildman–Crippen LogP) is 3.65. The molecular formula is C22H19N3O3S. The van der Waals surface area contributed by atoms with E-state index in [1.807, 2.05) is 60.0 Å². The molecule has 2 aromatic heterocycles. The van der Waals surface area contributed by atoms with E-state index < -0.39 is 12.0 Å². The molecule has 7 heteroatoms. The maximum atomic E-state index is 12.4. The van der Waals surface area contributed by atoms with Crippen LogP contribution in [-0.4, -0.2) is 33.0 Å². The average molecular weight is 405 g/mol. The van der Waals surface area contributed by atoms with Gasteiger partial charge in [-0.25, -0.2) is 9.78 Å². The molecule has 29 heavy (non-hydrogen) atoms. The van der Waals surface area contributed by atoms with Crippen molar-refractivity contribution < 1.29 is 14.7 Å². The molecule has 0 saturated carbocycles. The lowest BCUT2D eigenvalue weighted by Gasteiger charge is -2.14. The first-order chi connectivity index (χ1) is 14.1. The number of amides is 1. The number of nitrogens with zero attached hydrogens (tertiary/aromatic N) is 1. The van der Waals surface area contributed by atoms with Gasteiger partial charge in [0.2, 0.25) is 5.91 Å². The lowest BCUT2D eigenvalue weighted by atomic mass is 10.0. The number of nitrogens with one attached hydrogen (secondary N) is 2. The van der Waals surface area contributed by atoms with E-state index in [0.29, 0.717) is 5.69 Å². The zero-order valence-corrected chi connectivity index (χ0v) is 16.3. The van der Waals surface area contributed by atoms with Crippen molar-refractivity contribution in [3.05, 3.63) is 77.4 Å². The van der Waals surface area contributed by atoms with Crippen LogP contribution in [0, 0.1) is 0 Å². The Morgan fingerprint density at radius 3 is 2.66 bits per heavy atom. The molecule has 0 bridgehead atoms. The van der Waals surface area contributed by atoms with E-state index in [4.69, 9.17) is 0 Å². The highest BCUT2D eigenvalue weighted by atomic mass is 32.1. The minimum atomic E-state index is -1.06. The van der Waals surface area contributed by atoms with E-state index in [-0.39, 0.29) is 18.7 Å². The smallest absolute Gasteiger partial charge is 0.326 e. The Kier molecular flexibility index (Phi) is 5.39. The number of rotatable bonds is 7. The number of carbonyl (C=O) groups excluding carboxylic acids is 1. The van der Waals surface area contributed by atoms with Gasteiger partial charge in [0.25, 0.3) is 0 Å². The van der Waals surface area contributed by atoms with Crippen molar-refractivity contribution in [2.75, 3.05) is 0 Å². The Morgan fingerprint density at radius 2 is 1.86 bits per heavy atom. The molecule has 0 aliphatic rings. The third kappa shape index (κ3) is 4.35. The monoisotopic (exact) mass is 405 g/mol. The second kappa shape index (κ2) is 8.28. The van der Waals surface area contributed by atoms with Crippen LogP contribution in [0.4, 0.5) is 0 Å². The van der Waals surface area contributed by atoms with Gasteiger partial charge in [-0.05, 0) is 11.6 Å². The number of carbonyl (C=O) groups is 2. The van der Waals surface area contributed by atoms with Crippen LogP contribution in [0.2, 0.25) is 0 Å². The van der Waals surface area contributed by atoms with E-state index in [1.54, 1.807) is 6.20 Å². The normalized spacial score (nSPS) is 12.0. The van der Waals surface area contributed by atoms with E-state index in [9.17, 15) is 14.7 Å². The molecule has 0 fully saturated rings. The molecule has 3 N–H and O–H groups in total.